The predicted molar refractivity (Wildman–Crippen MR) is 59.6 cm³/mol. The molecule has 0 aliphatic carbocycles. The Labute approximate surface area is 85.7 Å². The van der Waals surface area contributed by atoms with E-state index in [9.17, 15) is 0 Å². The Kier molecular flexibility index (Phi) is 4.45. The van der Waals surface area contributed by atoms with Crippen LogP contribution in [-0.4, -0.2) is 36.2 Å². The largest absolute Gasteiger partial charge is 0.376 e. The Morgan fingerprint density at radius 1 is 1.54 bits per heavy atom. The zero-order valence-electron chi connectivity index (χ0n) is 8.25. The fourth-order valence-electron chi connectivity index (χ4n) is 1.75. The minimum Gasteiger partial charge on any atom is -0.376 e. The van der Waals surface area contributed by atoms with Crippen LogP contribution < -0.4 is 11.1 Å². The molecule has 0 radical (unpaired) electrons. The predicted octanol–water partition coefficient (Wildman–Crippen LogP) is 0.552. The lowest BCUT2D eigenvalue weighted by Crippen LogP contribution is -2.39. The van der Waals surface area contributed by atoms with Gasteiger partial charge in [0.15, 0.2) is 5.11 Å². The summed E-state index contributed by atoms with van der Waals surface area (Å²) in [6, 6.07) is 0. The van der Waals surface area contributed by atoms with Crippen LogP contribution in [0.2, 0.25) is 0 Å². The van der Waals surface area contributed by atoms with E-state index in [1.54, 1.807) is 0 Å². The Morgan fingerprint density at radius 2 is 2.15 bits per heavy atom. The van der Waals surface area contributed by atoms with Gasteiger partial charge in [0, 0.05) is 6.54 Å². The molecule has 0 amide bonds. The number of hydrogen-bond donors (Lipinski definition) is 2. The lowest BCUT2D eigenvalue weighted by atomic mass is 9.97. The SMILES string of the molecule is CCN1CCC(CNC(N)=S)CC1. The molecule has 0 saturated carbocycles. The first kappa shape index (κ1) is 10.7. The van der Waals surface area contributed by atoms with Crippen molar-refractivity contribution >= 4 is 17.3 Å². The van der Waals surface area contributed by atoms with Crippen LogP contribution in [0.5, 0.6) is 0 Å². The molecule has 3 N–H and O–H groups in total. The van der Waals surface area contributed by atoms with Gasteiger partial charge in [-0.2, -0.15) is 0 Å². The number of likely N-dealkylation sites (tertiary alicyclic amines) is 1. The van der Waals surface area contributed by atoms with E-state index in [2.05, 4.69) is 17.1 Å². The summed E-state index contributed by atoms with van der Waals surface area (Å²) in [5, 5.41) is 3.47. The smallest absolute Gasteiger partial charge is 0.163 e. The average molecular weight is 201 g/mol. The number of hydrogen-bond acceptors (Lipinski definition) is 2. The molecule has 0 spiro atoms. The first-order valence-corrected chi connectivity index (χ1v) is 5.39. The van der Waals surface area contributed by atoms with Crippen LogP contribution in [0.1, 0.15) is 19.8 Å². The molecule has 1 saturated heterocycles. The molecule has 13 heavy (non-hydrogen) atoms. The van der Waals surface area contributed by atoms with E-state index in [4.69, 9.17) is 18.0 Å². The topological polar surface area (TPSA) is 41.3 Å². The molecule has 1 aliphatic rings. The van der Waals surface area contributed by atoms with Crippen LogP contribution in [0, 0.1) is 5.92 Å². The number of nitrogens with one attached hydrogen (secondary N) is 1. The van der Waals surface area contributed by atoms with E-state index < -0.39 is 0 Å². The number of thiocarbonyl (C=S) groups is 1. The summed E-state index contributed by atoms with van der Waals surface area (Å²) in [6.45, 7) is 6.79. The molecule has 1 rings (SSSR count). The summed E-state index contributed by atoms with van der Waals surface area (Å²) >= 11 is 4.77. The van der Waals surface area contributed by atoms with Crippen molar-refractivity contribution in [1.29, 1.82) is 0 Å². The summed E-state index contributed by atoms with van der Waals surface area (Å²) in [5.74, 6) is 0.754. The van der Waals surface area contributed by atoms with Gasteiger partial charge in [-0.25, -0.2) is 0 Å². The standard InChI is InChI=1S/C9H19N3S/c1-2-12-5-3-8(4-6-12)7-11-9(10)13/h8H,2-7H2,1H3,(H3,10,11,13). The van der Waals surface area contributed by atoms with Crippen molar-refractivity contribution < 1.29 is 0 Å². The molecule has 0 aromatic rings. The van der Waals surface area contributed by atoms with Crippen LogP contribution in [0.3, 0.4) is 0 Å². The Hall–Kier alpha value is -0.350. The van der Waals surface area contributed by atoms with E-state index in [-0.39, 0.29) is 0 Å². The van der Waals surface area contributed by atoms with Gasteiger partial charge in [0.25, 0.3) is 0 Å². The van der Waals surface area contributed by atoms with Gasteiger partial charge in [0.1, 0.15) is 0 Å². The number of nitrogens with two attached hydrogens (primary N) is 1. The summed E-state index contributed by atoms with van der Waals surface area (Å²) < 4.78 is 0. The van der Waals surface area contributed by atoms with Crippen molar-refractivity contribution in [3.8, 4) is 0 Å². The van der Waals surface area contributed by atoms with Crippen molar-refractivity contribution in [2.75, 3.05) is 26.2 Å². The minimum absolute atomic E-state index is 0.429. The fraction of sp³-hybridized carbons (Fsp3) is 0.889. The number of nitrogens with zero attached hydrogens (tertiary/aromatic N) is 1. The molecule has 1 aliphatic heterocycles. The van der Waals surface area contributed by atoms with E-state index in [0.29, 0.717) is 5.11 Å². The molecular formula is C9H19N3S. The van der Waals surface area contributed by atoms with Crippen LogP contribution in [0.15, 0.2) is 0 Å². The molecule has 0 bridgehead atoms. The molecule has 0 aromatic heterocycles. The van der Waals surface area contributed by atoms with E-state index in [1.807, 2.05) is 0 Å². The number of piperidine rings is 1. The van der Waals surface area contributed by atoms with Gasteiger partial charge >= 0.3 is 0 Å². The van der Waals surface area contributed by atoms with Crippen molar-refractivity contribution in [2.45, 2.75) is 19.8 Å². The van der Waals surface area contributed by atoms with E-state index in [0.717, 1.165) is 12.5 Å². The molecule has 4 heteroatoms. The molecular weight excluding hydrogens is 182 g/mol. The molecule has 1 fully saturated rings. The molecule has 3 nitrogen and oxygen atoms in total. The molecule has 0 atom stereocenters. The maximum Gasteiger partial charge on any atom is 0.163 e. The monoisotopic (exact) mass is 201 g/mol. The molecule has 1 heterocycles. The second-order valence-electron chi connectivity index (χ2n) is 3.62. The summed E-state index contributed by atoms with van der Waals surface area (Å²) in [7, 11) is 0. The Balaban J connectivity index is 2.14. The third-order valence-electron chi connectivity index (χ3n) is 2.72. The lowest BCUT2D eigenvalue weighted by molar-refractivity contribution is 0.193. The maximum absolute atomic E-state index is 5.37. The summed E-state index contributed by atoms with van der Waals surface area (Å²) in [6.07, 6.45) is 2.53. The van der Waals surface area contributed by atoms with Crippen molar-refractivity contribution in [1.82, 2.24) is 10.2 Å². The van der Waals surface area contributed by atoms with Crippen LogP contribution in [0.25, 0.3) is 0 Å². The van der Waals surface area contributed by atoms with Gasteiger partial charge in [-0.15, -0.1) is 0 Å². The highest BCUT2D eigenvalue weighted by molar-refractivity contribution is 7.80. The van der Waals surface area contributed by atoms with Gasteiger partial charge in [0.2, 0.25) is 0 Å². The third-order valence-corrected chi connectivity index (χ3v) is 2.86. The average Bonchev–Trinajstić information content (AvgIpc) is 2.15. The fourth-order valence-corrected chi connectivity index (χ4v) is 1.84. The lowest BCUT2D eigenvalue weighted by Gasteiger charge is -2.31. The van der Waals surface area contributed by atoms with Gasteiger partial charge in [-0.1, -0.05) is 6.92 Å². The minimum atomic E-state index is 0.429. The van der Waals surface area contributed by atoms with Gasteiger partial charge in [-0.3, -0.25) is 0 Å². The zero-order chi connectivity index (χ0) is 9.68. The number of rotatable bonds is 3. The highest BCUT2D eigenvalue weighted by Crippen LogP contribution is 2.15. The van der Waals surface area contributed by atoms with Gasteiger partial charge in [-0.05, 0) is 50.6 Å². The highest BCUT2D eigenvalue weighted by Gasteiger charge is 2.17. The summed E-state index contributed by atoms with van der Waals surface area (Å²) in [5.41, 5.74) is 5.37. The van der Waals surface area contributed by atoms with E-state index in [1.165, 1.54) is 32.5 Å². The Bertz CT molecular complexity index is 164. The normalized spacial score (nSPS) is 20.1. The zero-order valence-corrected chi connectivity index (χ0v) is 9.07. The van der Waals surface area contributed by atoms with E-state index >= 15 is 0 Å². The highest BCUT2D eigenvalue weighted by atomic mass is 32.1. The molecule has 0 unspecified atom stereocenters. The van der Waals surface area contributed by atoms with Gasteiger partial charge in [0.05, 0.1) is 0 Å². The second kappa shape index (κ2) is 5.40. The van der Waals surface area contributed by atoms with Crippen molar-refractivity contribution in [3.05, 3.63) is 0 Å². The first-order valence-electron chi connectivity index (χ1n) is 4.98. The van der Waals surface area contributed by atoms with Crippen molar-refractivity contribution in [2.24, 2.45) is 11.7 Å². The maximum atomic E-state index is 5.37. The van der Waals surface area contributed by atoms with Crippen molar-refractivity contribution in [3.63, 3.8) is 0 Å². The molecule has 76 valence electrons. The van der Waals surface area contributed by atoms with Gasteiger partial charge < -0.3 is 16.0 Å². The molecule has 0 aromatic carbocycles. The Morgan fingerprint density at radius 3 is 2.62 bits per heavy atom. The third kappa shape index (κ3) is 3.91. The van der Waals surface area contributed by atoms with Crippen LogP contribution >= 0.6 is 12.2 Å². The van der Waals surface area contributed by atoms with Crippen LogP contribution in [-0.2, 0) is 0 Å². The first-order chi connectivity index (χ1) is 6.22. The quantitative estimate of drug-likeness (QED) is 0.654. The van der Waals surface area contributed by atoms with Crippen LogP contribution in [0.4, 0.5) is 0 Å². The second-order valence-corrected chi connectivity index (χ2v) is 4.06. The summed E-state index contributed by atoms with van der Waals surface area (Å²) in [4.78, 5) is 2.48.